The minimum absolute atomic E-state index is 0.120. The maximum atomic E-state index is 13.2. The average molecular weight is 773 g/mol. The normalized spacial score (nSPS) is 21.6. The van der Waals surface area contributed by atoms with E-state index in [0.717, 1.165) is 4.47 Å². The predicted octanol–water partition coefficient (Wildman–Crippen LogP) is 7.27. The van der Waals surface area contributed by atoms with E-state index >= 15 is 0 Å². The van der Waals surface area contributed by atoms with Crippen molar-refractivity contribution >= 4 is 87.9 Å². The van der Waals surface area contributed by atoms with Crippen molar-refractivity contribution in [3.05, 3.63) is 94.2 Å². The molecule has 4 atom stereocenters. The van der Waals surface area contributed by atoms with Crippen LogP contribution in [0.1, 0.15) is 33.6 Å². The highest BCUT2D eigenvalue weighted by Crippen LogP contribution is 2.44. The molecular formula is C32H22Br3FN2O5. The van der Waals surface area contributed by atoms with Crippen molar-refractivity contribution in [3.63, 3.8) is 0 Å². The number of imide groups is 1. The third kappa shape index (κ3) is 5.82. The number of esters is 1. The zero-order valence-electron chi connectivity index (χ0n) is 22.3. The van der Waals surface area contributed by atoms with Crippen LogP contribution in [0.5, 0.6) is 0 Å². The van der Waals surface area contributed by atoms with Crippen molar-refractivity contribution < 1.29 is 28.3 Å². The third-order valence-electron chi connectivity index (χ3n) is 7.82. The smallest absolute Gasteiger partial charge is 0.339 e. The molecule has 0 spiro atoms. The lowest BCUT2D eigenvalue weighted by atomic mass is 9.81. The summed E-state index contributed by atoms with van der Waals surface area (Å²) in [4.78, 5) is 58.5. The summed E-state index contributed by atoms with van der Waals surface area (Å²) in [5.74, 6) is -2.74. The summed E-state index contributed by atoms with van der Waals surface area (Å²) in [5, 5.41) is 0.528. The number of ether oxygens (including phenoxy) is 1. The van der Waals surface area contributed by atoms with Gasteiger partial charge in [-0.1, -0.05) is 59.9 Å². The molecule has 2 fully saturated rings. The van der Waals surface area contributed by atoms with Crippen molar-refractivity contribution in [2.45, 2.75) is 22.5 Å². The standard InChI is InChI=1S/C32H22Br3FN2O5/c33-18-5-10-27-21(11-18)24(32(42)43-15-29(39)17-1-6-19(36)7-2-17)14-28(37-27)16-3-8-20(9-4-16)38-30(40)22-12-25(34)26(35)13-23(22)31(38)41/h1-11,14,22-23,25-26H,12-13,15H2. The summed E-state index contributed by atoms with van der Waals surface area (Å²) in [6, 6.07) is 18.8. The number of pyridine rings is 1. The second kappa shape index (κ2) is 12.0. The molecule has 0 N–H and O–H groups in total. The van der Waals surface area contributed by atoms with Crippen LogP contribution in [0.15, 0.2) is 77.3 Å². The third-order valence-corrected chi connectivity index (χ3v) is 11.1. The number of anilines is 1. The number of halogens is 4. The van der Waals surface area contributed by atoms with Gasteiger partial charge in [0, 0.05) is 30.6 Å². The molecule has 7 nitrogen and oxygen atoms in total. The molecule has 11 heteroatoms. The van der Waals surface area contributed by atoms with Gasteiger partial charge in [0.25, 0.3) is 0 Å². The first kappa shape index (κ1) is 29.8. The van der Waals surface area contributed by atoms with E-state index in [2.05, 4.69) is 47.8 Å². The average Bonchev–Trinajstić information content (AvgIpc) is 3.24. The number of nitrogens with zero attached hydrogens (tertiary/aromatic N) is 2. The number of rotatable bonds is 6. The van der Waals surface area contributed by atoms with E-state index < -0.39 is 24.2 Å². The molecule has 1 saturated heterocycles. The Kier molecular flexibility index (Phi) is 8.32. The molecule has 6 rings (SSSR count). The van der Waals surface area contributed by atoms with Gasteiger partial charge in [0.2, 0.25) is 11.8 Å². The monoisotopic (exact) mass is 770 g/mol. The summed E-state index contributed by atoms with van der Waals surface area (Å²) in [5.41, 5.74) is 2.57. The predicted molar refractivity (Wildman–Crippen MR) is 170 cm³/mol. The lowest BCUT2D eigenvalue weighted by Gasteiger charge is -2.29. The topological polar surface area (TPSA) is 93.6 Å². The largest absolute Gasteiger partial charge is 0.454 e. The molecular weight excluding hydrogens is 751 g/mol. The molecule has 3 aromatic carbocycles. The van der Waals surface area contributed by atoms with Crippen LogP contribution in [0.25, 0.3) is 22.2 Å². The van der Waals surface area contributed by atoms with Crippen LogP contribution in [0.2, 0.25) is 0 Å². The molecule has 2 aliphatic rings. The maximum Gasteiger partial charge on any atom is 0.339 e. The Hall–Kier alpha value is -3.28. The summed E-state index contributed by atoms with van der Waals surface area (Å²) >= 11 is 10.7. The molecule has 4 unspecified atom stereocenters. The van der Waals surface area contributed by atoms with E-state index in [9.17, 15) is 23.6 Å². The summed E-state index contributed by atoms with van der Waals surface area (Å²) in [6.07, 6.45) is 1.18. The number of Topliss-reactive ketones (excluding diaryl/α,β-unsaturated/α-hetero) is 1. The molecule has 4 aromatic rings. The summed E-state index contributed by atoms with van der Waals surface area (Å²) < 4.78 is 19.3. The molecule has 2 heterocycles. The SMILES string of the molecule is O=C(COC(=O)c1cc(-c2ccc(N3C(=O)C4CC(Br)C(Br)CC4C3=O)cc2)nc2ccc(Br)cc12)c1ccc(F)cc1. The lowest BCUT2D eigenvalue weighted by Crippen LogP contribution is -2.34. The zero-order valence-corrected chi connectivity index (χ0v) is 27.1. The fourth-order valence-electron chi connectivity index (χ4n) is 5.57. The van der Waals surface area contributed by atoms with Gasteiger partial charge in [-0.2, -0.15) is 0 Å². The van der Waals surface area contributed by atoms with Gasteiger partial charge >= 0.3 is 5.97 Å². The van der Waals surface area contributed by atoms with Gasteiger partial charge in [-0.05, 0) is 73.5 Å². The van der Waals surface area contributed by atoms with E-state index in [1.165, 1.54) is 29.2 Å². The molecule has 1 saturated carbocycles. The van der Waals surface area contributed by atoms with E-state index in [1.54, 1.807) is 48.5 Å². The van der Waals surface area contributed by atoms with Crippen LogP contribution in [0.3, 0.4) is 0 Å². The van der Waals surface area contributed by atoms with Crippen molar-refractivity contribution in [1.82, 2.24) is 4.98 Å². The van der Waals surface area contributed by atoms with E-state index in [1.807, 2.05) is 0 Å². The van der Waals surface area contributed by atoms with Gasteiger partial charge < -0.3 is 4.74 Å². The van der Waals surface area contributed by atoms with Crippen LogP contribution in [-0.4, -0.2) is 44.8 Å². The fourth-order valence-corrected chi connectivity index (χ4v) is 7.17. The molecule has 1 aromatic heterocycles. The number of amides is 2. The quantitative estimate of drug-likeness (QED) is 0.0887. The molecule has 0 bridgehead atoms. The van der Waals surface area contributed by atoms with Gasteiger partial charge in [-0.3, -0.25) is 19.3 Å². The van der Waals surface area contributed by atoms with Crippen LogP contribution < -0.4 is 4.90 Å². The summed E-state index contributed by atoms with van der Waals surface area (Å²) in [7, 11) is 0. The van der Waals surface area contributed by atoms with Crippen molar-refractivity contribution in [1.29, 1.82) is 0 Å². The Balaban J connectivity index is 1.27. The summed E-state index contributed by atoms with van der Waals surface area (Å²) in [6.45, 7) is -0.516. The zero-order chi connectivity index (χ0) is 30.4. The highest BCUT2D eigenvalue weighted by atomic mass is 79.9. The van der Waals surface area contributed by atoms with Crippen molar-refractivity contribution in [2.24, 2.45) is 11.8 Å². The first-order valence-corrected chi connectivity index (χ1v) is 16.1. The number of hydrogen-bond donors (Lipinski definition) is 0. The van der Waals surface area contributed by atoms with Crippen LogP contribution in [0.4, 0.5) is 10.1 Å². The number of hydrogen-bond acceptors (Lipinski definition) is 6. The molecule has 1 aliphatic heterocycles. The number of ketones is 1. The van der Waals surface area contributed by atoms with Gasteiger partial charge in [0.1, 0.15) is 5.82 Å². The van der Waals surface area contributed by atoms with Crippen molar-refractivity contribution in [2.75, 3.05) is 11.5 Å². The Labute approximate surface area is 271 Å². The highest BCUT2D eigenvalue weighted by molar-refractivity contribution is 9.12. The van der Waals surface area contributed by atoms with Crippen LogP contribution in [0, 0.1) is 17.7 Å². The van der Waals surface area contributed by atoms with Crippen LogP contribution in [-0.2, 0) is 14.3 Å². The van der Waals surface area contributed by atoms with Crippen molar-refractivity contribution in [3.8, 4) is 11.3 Å². The number of aromatic nitrogens is 1. The maximum absolute atomic E-state index is 13.2. The lowest BCUT2D eigenvalue weighted by molar-refractivity contribution is -0.122. The second-order valence-electron chi connectivity index (χ2n) is 10.5. The number of carbonyl (C=O) groups is 4. The number of fused-ring (bicyclic) bond motifs is 2. The van der Waals surface area contributed by atoms with E-state index in [4.69, 9.17) is 9.72 Å². The van der Waals surface area contributed by atoms with Crippen LogP contribution >= 0.6 is 47.8 Å². The number of alkyl halides is 2. The first-order valence-electron chi connectivity index (χ1n) is 13.4. The molecule has 2 amide bonds. The Morgan fingerprint density at radius 1 is 0.884 bits per heavy atom. The van der Waals surface area contributed by atoms with Gasteiger partial charge in [0.15, 0.2) is 12.4 Å². The second-order valence-corrected chi connectivity index (χ2v) is 13.8. The van der Waals surface area contributed by atoms with Gasteiger partial charge in [-0.15, -0.1) is 0 Å². The Morgan fingerprint density at radius 2 is 1.51 bits per heavy atom. The van der Waals surface area contributed by atoms with Gasteiger partial charge in [-0.25, -0.2) is 14.2 Å². The molecule has 43 heavy (non-hydrogen) atoms. The highest BCUT2D eigenvalue weighted by Gasteiger charge is 2.52. The van der Waals surface area contributed by atoms with Gasteiger partial charge in [0.05, 0.1) is 34.3 Å². The Morgan fingerprint density at radius 3 is 2.14 bits per heavy atom. The first-order chi connectivity index (χ1) is 20.6. The Bertz CT molecular complexity index is 1750. The number of benzene rings is 3. The van der Waals surface area contributed by atoms with E-state index in [0.29, 0.717) is 40.7 Å². The minimum atomic E-state index is -0.718. The molecule has 218 valence electrons. The molecule has 0 radical (unpaired) electrons. The minimum Gasteiger partial charge on any atom is -0.454 e. The van der Waals surface area contributed by atoms with E-state index in [-0.39, 0.29) is 44.4 Å². The fraction of sp³-hybridized carbons (Fsp3) is 0.219. The number of carbonyl (C=O) groups excluding carboxylic acids is 4. The molecule has 1 aliphatic carbocycles.